The predicted molar refractivity (Wildman–Crippen MR) is 80.1 cm³/mol. The van der Waals surface area contributed by atoms with Gasteiger partial charge in [0.1, 0.15) is 5.82 Å². The zero-order valence-corrected chi connectivity index (χ0v) is 12.4. The average molecular weight is 338 g/mol. The van der Waals surface area contributed by atoms with Gasteiger partial charge in [-0.2, -0.15) is 0 Å². The Morgan fingerprint density at radius 3 is 2.65 bits per heavy atom. The second-order valence-electron chi connectivity index (χ2n) is 4.11. The minimum Gasteiger partial charge on any atom is -0.396 e. The molecule has 0 bridgehead atoms. The van der Waals surface area contributed by atoms with Crippen molar-refractivity contribution in [3.05, 3.63) is 52.5 Å². The first-order chi connectivity index (χ1) is 9.54. The number of carbonyl (C=O) groups is 1. The van der Waals surface area contributed by atoms with Crippen LogP contribution < -0.4 is 10.6 Å². The molecule has 20 heavy (non-hydrogen) atoms. The van der Waals surface area contributed by atoms with Gasteiger partial charge in [0.25, 0.3) is 5.91 Å². The first-order valence-corrected chi connectivity index (χ1v) is 6.80. The van der Waals surface area contributed by atoms with Gasteiger partial charge in [-0.15, -0.1) is 0 Å². The molecule has 0 fully saturated rings. The third-order valence-electron chi connectivity index (χ3n) is 2.85. The molecule has 1 heterocycles. The number of nitrogens with two attached hydrogens (primary N) is 1. The van der Waals surface area contributed by atoms with Gasteiger partial charge in [-0.25, -0.2) is 4.39 Å². The van der Waals surface area contributed by atoms with E-state index in [1.807, 2.05) is 6.92 Å². The number of aromatic nitrogens is 1. The lowest BCUT2D eigenvalue weighted by Gasteiger charge is -2.21. The highest BCUT2D eigenvalue weighted by Crippen LogP contribution is 2.26. The van der Waals surface area contributed by atoms with E-state index in [4.69, 9.17) is 5.73 Å². The number of hydrogen-bond acceptors (Lipinski definition) is 3. The Bertz CT molecular complexity index is 634. The Morgan fingerprint density at radius 2 is 2.05 bits per heavy atom. The first-order valence-electron chi connectivity index (χ1n) is 6.01. The Labute approximate surface area is 124 Å². The van der Waals surface area contributed by atoms with Crippen LogP contribution in [0, 0.1) is 5.82 Å². The zero-order valence-electron chi connectivity index (χ0n) is 10.8. The van der Waals surface area contributed by atoms with Gasteiger partial charge in [0.05, 0.1) is 11.3 Å². The molecule has 0 spiro atoms. The van der Waals surface area contributed by atoms with Gasteiger partial charge in [-0.05, 0) is 47.1 Å². The van der Waals surface area contributed by atoms with Crippen molar-refractivity contribution < 1.29 is 9.18 Å². The summed E-state index contributed by atoms with van der Waals surface area (Å²) in [5.74, 6) is -0.808. The number of amides is 1. The van der Waals surface area contributed by atoms with Crippen molar-refractivity contribution in [3.8, 4) is 0 Å². The van der Waals surface area contributed by atoms with Crippen molar-refractivity contribution in [1.82, 2.24) is 4.98 Å². The van der Waals surface area contributed by atoms with E-state index in [9.17, 15) is 9.18 Å². The summed E-state index contributed by atoms with van der Waals surface area (Å²) in [5.41, 5.74) is 6.52. The van der Waals surface area contributed by atoms with Crippen molar-refractivity contribution in [1.29, 1.82) is 0 Å². The lowest BCUT2D eigenvalue weighted by Crippen LogP contribution is -2.31. The van der Waals surface area contributed by atoms with Crippen molar-refractivity contribution >= 4 is 33.2 Å². The van der Waals surface area contributed by atoms with Crippen molar-refractivity contribution in [2.45, 2.75) is 6.92 Å². The Morgan fingerprint density at radius 1 is 1.40 bits per heavy atom. The summed E-state index contributed by atoms with van der Waals surface area (Å²) in [6.07, 6.45) is 3.22. The van der Waals surface area contributed by atoms with E-state index in [-0.39, 0.29) is 11.6 Å². The molecule has 2 rings (SSSR count). The molecule has 104 valence electrons. The summed E-state index contributed by atoms with van der Waals surface area (Å²) in [5, 5.41) is 0. The fourth-order valence-corrected chi connectivity index (χ4v) is 2.33. The van der Waals surface area contributed by atoms with E-state index in [1.165, 1.54) is 12.1 Å². The van der Waals surface area contributed by atoms with Crippen LogP contribution in [0.5, 0.6) is 0 Å². The fraction of sp³-hybridized carbons (Fsp3) is 0.143. The number of halogens is 2. The molecule has 1 aromatic heterocycles. The van der Waals surface area contributed by atoms with Crippen molar-refractivity contribution in [2.24, 2.45) is 0 Å². The molecule has 2 N–H and O–H groups in total. The Kier molecular flexibility index (Phi) is 4.34. The molecule has 0 unspecified atom stereocenters. The minimum atomic E-state index is -0.555. The third-order valence-corrected chi connectivity index (χ3v) is 3.51. The van der Waals surface area contributed by atoms with E-state index in [1.54, 1.807) is 29.4 Å². The summed E-state index contributed by atoms with van der Waals surface area (Å²) in [6, 6.07) is 6.01. The van der Waals surface area contributed by atoms with Crippen LogP contribution >= 0.6 is 15.9 Å². The van der Waals surface area contributed by atoms with E-state index < -0.39 is 5.82 Å². The summed E-state index contributed by atoms with van der Waals surface area (Å²) < 4.78 is 13.7. The normalized spacial score (nSPS) is 10.3. The smallest absolute Gasteiger partial charge is 0.259 e. The van der Waals surface area contributed by atoms with Crippen LogP contribution in [0.15, 0.2) is 41.1 Å². The number of carbonyl (C=O) groups excluding carboxylic acids is 1. The largest absolute Gasteiger partial charge is 0.396 e. The van der Waals surface area contributed by atoms with Crippen LogP contribution in [0.4, 0.5) is 15.8 Å². The maximum absolute atomic E-state index is 13.3. The number of pyridine rings is 1. The molecule has 0 radical (unpaired) electrons. The molecule has 4 nitrogen and oxygen atoms in total. The molecule has 2 aromatic rings. The van der Waals surface area contributed by atoms with E-state index in [0.29, 0.717) is 16.6 Å². The standard InChI is InChI=1S/C14H13BrFN3O/c1-2-19(9-3-5-18-6-4-9)14(20)10-7-13(17)12(16)8-11(10)15/h3-8H,2,17H2,1H3. The van der Waals surface area contributed by atoms with Crippen LogP contribution in [-0.4, -0.2) is 17.4 Å². The van der Waals surface area contributed by atoms with Gasteiger partial charge >= 0.3 is 0 Å². The lowest BCUT2D eigenvalue weighted by atomic mass is 10.1. The highest BCUT2D eigenvalue weighted by Gasteiger charge is 2.20. The molecule has 0 aliphatic rings. The topological polar surface area (TPSA) is 59.2 Å². The quantitative estimate of drug-likeness (QED) is 0.874. The maximum Gasteiger partial charge on any atom is 0.259 e. The second-order valence-corrected chi connectivity index (χ2v) is 4.96. The molecule has 0 atom stereocenters. The number of rotatable bonds is 3. The Balaban J connectivity index is 2.42. The molecule has 0 aliphatic carbocycles. The van der Waals surface area contributed by atoms with Gasteiger partial charge in [-0.3, -0.25) is 9.78 Å². The molecule has 6 heteroatoms. The number of benzene rings is 1. The number of anilines is 2. The van der Waals surface area contributed by atoms with Gasteiger partial charge in [0, 0.05) is 29.1 Å². The van der Waals surface area contributed by atoms with Crippen LogP contribution in [0.3, 0.4) is 0 Å². The molecule has 0 aliphatic heterocycles. The van der Waals surface area contributed by atoms with Crippen LogP contribution in [0.2, 0.25) is 0 Å². The summed E-state index contributed by atoms with van der Waals surface area (Å²) >= 11 is 3.20. The molecular weight excluding hydrogens is 325 g/mol. The first kappa shape index (κ1) is 14.5. The SMILES string of the molecule is CCN(C(=O)c1cc(N)c(F)cc1Br)c1ccncc1. The summed E-state index contributed by atoms with van der Waals surface area (Å²) in [6.45, 7) is 2.34. The van der Waals surface area contributed by atoms with E-state index in [2.05, 4.69) is 20.9 Å². The van der Waals surface area contributed by atoms with Gasteiger partial charge < -0.3 is 10.6 Å². The minimum absolute atomic E-state index is 0.0534. The van der Waals surface area contributed by atoms with E-state index >= 15 is 0 Å². The second kappa shape index (κ2) is 6.00. The van der Waals surface area contributed by atoms with Gasteiger partial charge in [0.15, 0.2) is 0 Å². The average Bonchev–Trinajstić information content (AvgIpc) is 2.44. The lowest BCUT2D eigenvalue weighted by molar-refractivity contribution is 0.0987. The third kappa shape index (κ3) is 2.80. The van der Waals surface area contributed by atoms with Crippen molar-refractivity contribution in [3.63, 3.8) is 0 Å². The highest BCUT2D eigenvalue weighted by molar-refractivity contribution is 9.10. The molecular formula is C14H13BrFN3O. The zero-order chi connectivity index (χ0) is 14.7. The number of nitrogen functional groups attached to an aromatic ring is 1. The van der Waals surface area contributed by atoms with Crippen molar-refractivity contribution in [2.75, 3.05) is 17.2 Å². The fourth-order valence-electron chi connectivity index (χ4n) is 1.84. The van der Waals surface area contributed by atoms with Crippen LogP contribution in [0.1, 0.15) is 17.3 Å². The van der Waals surface area contributed by atoms with Gasteiger partial charge in [0.2, 0.25) is 0 Å². The predicted octanol–water partition coefficient (Wildman–Crippen LogP) is 3.23. The Hall–Kier alpha value is -1.95. The summed E-state index contributed by atoms with van der Waals surface area (Å²) in [7, 11) is 0. The molecule has 0 saturated carbocycles. The number of hydrogen-bond donors (Lipinski definition) is 1. The molecule has 0 saturated heterocycles. The van der Waals surface area contributed by atoms with Crippen LogP contribution in [-0.2, 0) is 0 Å². The monoisotopic (exact) mass is 337 g/mol. The highest BCUT2D eigenvalue weighted by atomic mass is 79.9. The van der Waals surface area contributed by atoms with Gasteiger partial charge in [-0.1, -0.05) is 0 Å². The molecule has 1 aromatic carbocycles. The maximum atomic E-state index is 13.3. The molecule has 1 amide bonds. The van der Waals surface area contributed by atoms with Crippen LogP contribution in [0.25, 0.3) is 0 Å². The van der Waals surface area contributed by atoms with E-state index in [0.717, 1.165) is 5.69 Å². The number of nitrogens with zero attached hydrogens (tertiary/aromatic N) is 2. The summed E-state index contributed by atoms with van der Waals surface area (Å²) in [4.78, 5) is 18.0.